The van der Waals surface area contributed by atoms with Gasteiger partial charge in [-0.25, -0.2) is 38.3 Å². The molecule has 0 saturated heterocycles. The number of sulfone groups is 1. The Labute approximate surface area is 583 Å². The van der Waals surface area contributed by atoms with Gasteiger partial charge >= 0.3 is 0 Å². The molecule has 21 heteroatoms. The van der Waals surface area contributed by atoms with Crippen molar-refractivity contribution >= 4 is 67.1 Å². The number of nitrogens with one attached hydrogen (secondary N) is 3. The Morgan fingerprint density at radius 3 is 1.24 bits per heavy atom. The molecule has 3 N–H and O–H groups in total. The fourth-order valence-corrected chi connectivity index (χ4v) is 15.1. The van der Waals surface area contributed by atoms with Crippen molar-refractivity contribution in [2.24, 2.45) is 0 Å². The van der Waals surface area contributed by atoms with Crippen LogP contribution >= 0.6 is 11.8 Å². The third-order valence-corrected chi connectivity index (χ3v) is 21.5. The van der Waals surface area contributed by atoms with E-state index in [-0.39, 0.29) is 28.5 Å². The zero-order valence-electron chi connectivity index (χ0n) is 55.6. The Kier molecular flexibility index (Phi) is 21.1. The Balaban J connectivity index is 0.000000133. The zero-order valence-corrected chi connectivity index (χ0v) is 58.0. The summed E-state index contributed by atoms with van der Waals surface area (Å²) in [6.07, 6.45) is 23.0. The van der Waals surface area contributed by atoms with Gasteiger partial charge in [0.2, 0.25) is 0 Å². The lowest BCUT2D eigenvalue weighted by molar-refractivity contribution is 0.0942. The molecule has 504 valence electrons. The molecule has 1 atom stereocenters. The zero-order chi connectivity index (χ0) is 68.4. The van der Waals surface area contributed by atoms with Crippen molar-refractivity contribution in [2.45, 2.75) is 131 Å². The van der Waals surface area contributed by atoms with Crippen molar-refractivity contribution in [3.8, 4) is 67.5 Å². The minimum atomic E-state index is -3.62. The van der Waals surface area contributed by atoms with Gasteiger partial charge in [-0.3, -0.25) is 31.8 Å². The first kappa shape index (κ1) is 67.6. The van der Waals surface area contributed by atoms with Gasteiger partial charge in [-0.1, -0.05) is 167 Å². The van der Waals surface area contributed by atoms with Gasteiger partial charge in [0.05, 0.1) is 69.3 Å². The summed E-state index contributed by atoms with van der Waals surface area (Å²) in [6, 6.07) is 53.2. The highest BCUT2D eigenvalue weighted by Gasteiger charge is 2.28. The minimum absolute atomic E-state index is 0.00219. The lowest BCUT2D eigenvalue weighted by Gasteiger charge is -2.11. The molecule has 18 nitrogen and oxygen atoms in total. The average Bonchev–Trinajstić information content (AvgIpc) is 1.69. The number of fused-ring (bicyclic) bond motifs is 3. The molecule has 6 aromatic carbocycles. The number of imidazole rings is 3. The Hall–Kier alpha value is -9.96. The summed E-state index contributed by atoms with van der Waals surface area (Å²) in [4.78, 5) is 65.0. The average molecular weight is 1380 g/mol. The van der Waals surface area contributed by atoms with Crippen molar-refractivity contribution in [1.29, 1.82) is 0 Å². The second-order valence-corrected chi connectivity index (χ2v) is 29.8. The number of nitrogens with zero attached hydrogens (tertiary/aromatic N) is 9. The van der Waals surface area contributed by atoms with Gasteiger partial charge in [-0.15, -0.1) is 11.8 Å². The second kappa shape index (κ2) is 30.8. The highest BCUT2D eigenvalue weighted by atomic mass is 32.2. The van der Waals surface area contributed by atoms with E-state index >= 15 is 0 Å². The first-order valence-corrected chi connectivity index (χ1v) is 38.1. The molecule has 6 heterocycles. The molecule has 0 bridgehead atoms. The number of aromatic nitrogens is 9. The SMILES string of the molecule is CCCCS(=O)(=O)c1nc(-c2ccccc2)cn2c(-c3ccc(C(=O)NC4CC4)cc3)cnc12.CCCCS(=O)c1nc(-c2ccccc2)cn2c(-c3ccc(C(=O)NC4CC4)cc3)cnc12.CCCCSc1nc(-c2ccccc2)cn2c(-c3ccc(C(=O)NC4CC4)cc3)cnc12. The lowest BCUT2D eigenvalue weighted by Crippen LogP contribution is -2.25. The summed E-state index contributed by atoms with van der Waals surface area (Å²) >= 11 is 1.76. The van der Waals surface area contributed by atoms with Crippen molar-refractivity contribution in [3.63, 3.8) is 0 Å². The monoisotopic (exact) mass is 1370 g/mol. The molecule has 3 aliphatic carbocycles. The number of carbonyl (C=O) groups is 3. The molecule has 3 amide bonds. The number of carbonyl (C=O) groups excluding carboxylic acids is 3. The maximum Gasteiger partial charge on any atom is 0.251 e. The Bertz CT molecular complexity index is 4980. The third kappa shape index (κ3) is 16.3. The van der Waals surface area contributed by atoms with E-state index in [4.69, 9.17) is 15.0 Å². The number of amides is 3. The first-order valence-electron chi connectivity index (χ1n) is 34.1. The lowest BCUT2D eigenvalue weighted by atomic mass is 10.1. The summed E-state index contributed by atoms with van der Waals surface area (Å²) in [7, 11) is -4.86. The molecule has 6 aromatic heterocycles. The molecule has 0 radical (unpaired) electrons. The van der Waals surface area contributed by atoms with Crippen LogP contribution in [0.3, 0.4) is 0 Å². The van der Waals surface area contributed by atoms with E-state index in [0.717, 1.165) is 149 Å². The van der Waals surface area contributed by atoms with E-state index in [1.807, 2.05) is 169 Å². The molecule has 0 spiro atoms. The standard InChI is InChI=1S/C26H26N4O3S.C26H26N4O2S.C26H26N4OS/c1-2-3-15-34(32,33)26-24-27-16-23(30(24)17-22(29-26)18-7-5-4-6-8-18)19-9-11-20(12-10-19)25(31)28-21-13-14-21;1-2-3-15-33(32)26-24-27-16-23(30(24)17-22(29-26)18-7-5-4-6-8-18)19-9-11-20(12-10-19)25(31)28-21-13-14-21;1-2-3-15-32-26-24-27-16-23(30(24)17-22(29-26)18-7-5-4-6-8-18)19-9-11-20(12-10-19)25(31)28-21-13-14-21/h4-12,16-17,21H,2-3,13-15H2,1H3,(H,28,31);4-12,16-17,21H,2-3,13-15H2,1H3,(H,28,31);4-12,16-17,21H,2-3,13-15H2,1H3,(H,28,31). The van der Waals surface area contributed by atoms with Gasteiger partial charge in [0, 0.05) is 92.5 Å². The first-order chi connectivity index (χ1) is 48.3. The molecule has 12 aromatic rings. The third-order valence-electron chi connectivity index (χ3n) is 17.4. The molecule has 1 unspecified atom stereocenters. The molecular formula is C78H78N12O6S3. The van der Waals surface area contributed by atoms with Gasteiger partial charge in [0.25, 0.3) is 17.7 Å². The molecule has 15 rings (SSSR count). The number of rotatable bonds is 24. The number of hydrogen-bond acceptors (Lipinski definition) is 13. The summed E-state index contributed by atoms with van der Waals surface area (Å²) in [5.41, 5.74) is 14.2. The van der Waals surface area contributed by atoms with Crippen LogP contribution in [0.15, 0.2) is 216 Å². The van der Waals surface area contributed by atoms with Crippen LogP contribution in [0.4, 0.5) is 0 Å². The summed E-state index contributed by atoms with van der Waals surface area (Å²) in [5, 5.41) is 10.5. The van der Waals surface area contributed by atoms with Crippen molar-refractivity contribution in [1.82, 2.24) is 59.1 Å². The van der Waals surface area contributed by atoms with Crippen molar-refractivity contribution in [3.05, 3.63) is 218 Å². The second-order valence-electron chi connectivity index (χ2n) is 25.2. The van der Waals surface area contributed by atoms with Crippen LogP contribution in [0.1, 0.15) is 129 Å². The maximum absolute atomic E-state index is 13.2. The van der Waals surface area contributed by atoms with E-state index < -0.39 is 20.6 Å². The van der Waals surface area contributed by atoms with E-state index in [0.29, 0.717) is 69.0 Å². The normalized spacial score (nSPS) is 13.8. The van der Waals surface area contributed by atoms with Crippen LogP contribution in [-0.4, -0.2) is 109 Å². The van der Waals surface area contributed by atoms with Crippen LogP contribution in [0.5, 0.6) is 0 Å². The highest BCUT2D eigenvalue weighted by molar-refractivity contribution is 7.99. The van der Waals surface area contributed by atoms with Crippen molar-refractivity contribution < 1.29 is 27.0 Å². The van der Waals surface area contributed by atoms with Crippen LogP contribution in [0.2, 0.25) is 0 Å². The van der Waals surface area contributed by atoms with Gasteiger partial charge in [0.15, 0.2) is 36.8 Å². The molecular weight excluding hydrogens is 1300 g/mol. The Morgan fingerprint density at radius 1 is 0.455 bits per heavy atom. The summed E-state index contributed by atoms with van der Waals surface area (Å²) in [5.74, 6) is 1.49. The topological polar surface area (TPSA) is 229 Å². The predicted octanol–water partition coefficient (Wildman–Crippen LogP) is 15.2. The number of unbranched alkanes of at least 4 members (excludes halogenated alkanes) is 3. The minimum Gasteiger partial charge on any atom is -0.349 e. The van der Waals surface area contributed by atoms with E-state index in [1.165, 1.54) is 0 Å². The molecule has 0 aliphatic heterocycles. The number of benzene rings is 6. The van der Waals surface area contributed by atoms with Crippen molar-refractivity contribution in [2.75, 3.05) is 17.3 Å². The van der Waals surface area contributed by atoms with Crippen LogP contribution in [0, 0.1) is 0 Å². The molecule has 99 heavy (non-hydrogen) atoms. The van der Waals surface area contributed by atoms with Crippen LogP contribution < -0.4 is 16.0 Å². The molecule has 3 saturated carbocycles. The summed E-state index contributed by atoms with van der Waals surface area (Å²) in [6.45, 7) is 6.25. The predicted molar refractivity (Wildman–Crippen MR) is 392 cm³/mol. The van der Waals surface area contributed by atoms with Gasteiger partial charge in [-0.2, -0.15) is 0 Å². The fraction of sp³-hybridized carbons (Fsp3) is 0.269. The Morgan fingerprint density at radius 2 is 0.828 bits per heavy atom. The van der Waals surface area contributed by atoms with E-state index in [1.54, 1.807) is 40.7 Å². The van der Waals surface area contributed by atoms with E-state index in [2.05, 4.69) is 67.5 Å². The quantitative estimate of drug-likeness (QED) is 0.0378. The van der Waals surface area contributed by atoms with Gasteiger partial charge in [0.1, 0.15) is 5.03 Å². The number of thioether (sulfide) groups is 1. The molecule has 3 fully saturated rings. The van der Waals surface area contributed by atoms with Crippen LogP contribution in [0.25, 0.3) is 84.5 Å². The number of hydrogen-bond donors (Lipinski definition) is 3. The van der Waals surface area contributed by atoms with Gasteiger partial charge in [-0.05, 0) is 99.9 Å². The molecule has 3 aliphatic rings. The highest BCUT2D eigenvalue weighted by Crippen LogP contribution is 2.34. The smallest absolute Gasteiger partial charge is 0.251 e. The largest absolute Gasteiger partial charge is 0.349 e. The fourth-order valence-electron chi connectivity index (χ4n) is 11.2. The van der Waals surface area contributed by atoms with Crippen LogP contribution in [-0.2, 0) is 20.6 Å². The summed E-state index contributed by atoms with van der Waals surface area (Å²) < 4.78 is 45.4. The van der Waals surface area contributed by atoms with E-state index in [9.17, 15) is 27.0 Å². The van der Waals surface area contributed by atoms with Gasteiger partial charge < -0.3 is 16.0 Å². The maximum atomic E-state index is 13.2.